The number of hydrogen-bond acceptors (Lipinski definition) is 4. The fourth-order valence-corrected chi connectivity index (χ4v) is 1.86. The summed E-state index contributed by atoms with van der Waals surface area (Å²) in [5.74, 6) is 0.844. The molecule has 1 aromatic rings. The quantitative estimate of drug-likeness (QED) is 0.667. The van der Waals surface area contributed by atoms with Crippen LogP contribution in [0.2, 0.25) is 0 Å². The van der Waals surface area contributed by atoms with E-state index >= 15 is 0 Å². The van der Waals surface area contributed by atoms with Crippen molar-refractivity contribution in [1.82, 2.24) is 20.1 Å². The number of aryl methyl sites for hydroxylation is 1. The van der Waals surface area contributed by atoms with Crippen LogP contribution in [0.25, 0.3) is 0 Å². The average Bonchev–Trinajstić information content (AvgIpc) is 2.52. The molecule has 0 unspecified atom stereocenters. The topological polar surface area (TPSA) is 63.0 Å². The van der Waals surface area contributed by atoms with E-state index in [0.717, 1.165) is 25.2 Å². The summed E-state index contributed by atoms with van der Waals surface area (Å²) in [6, 6.07) is 0. The van der Waals surface area contributed by atoms with Crippen molar-refractivity contribution in [3.05, 3.63) is 12.2 Å². The van der Waals surface area contributed by atoms with Gasteiger partial charge >= 0.3 is 0 Å². The van der Waals surface area contributed by atoms with E-state index in [1.54, 1.807) is 6.33 Å². The average molecular weight is 196 g/mol. The standard InChI is InChI=1S/C9H16N4O/c1-13-7-11-12-8(13)5-9(14)3-2-4-10-6-9/h7,10,14H,2-6H2,1H3/t9-/m0/s1. The van der Waals surface area contributed by atoms with Crippen LogP contribution in [0.15, 0.2) is 6.33 Å². The number of hydrogen-bond donors (Lipinski definition) is 2. The third-order valence-corrected chi connectivity index (χ3v) is 2.74. The molecule has 0 saturated carbocycles. The van der Waals surface area contributed by atoms with Crippen LogP contribution in [-0.4, -0.2) is 38.6 Å². The third-order valence-electron chi connectivity index (χ3n) is 2.74. The number of β-amino-alcohol motifs (C(OH)–C–C–N with tert-alkyl or cyclic N) is 1. The second-order valence-corrected chi connectivity index (χ2v) is 4.04. The largest absolute Gasteiger partial charge is 0.388 e. The van der Waals surface area contributed by atoms with Gasteiger partial charge in [0.1, 0.15) is 12.2 Å². The maximum atomic E-state index is 10.2. The van der Waals surface area contributed by atoms with E-state index in [-0.39, 0.29) is 0 Å². The van der Waals surface area contributed by atoms with Crippen molar-refractivity contribution in [1.29, 1.82) is 0 Å². The second kappa shape index (κ2) is 3.67. The summed E-state index contributed by atoms with van der Waals surface area (Å²) in [4.78, 5) is 0. The first kappa shape index (κ1) is 9.61. The highest BCUT2D eigenvalue weighted by atomic mass is 16.3. The summed E-state index contributed by atoms with van der Waals surface area (Å²) < 4.78 is 1.85. The van der Waals surface area contributed by atoms with Crippen LogP contribution in [0.4, 0.5) is 0 Å². The first-order valence-corrected chi connectivity index (χ1v) is 4.96. The van der Waals surface area contributed by atoms with Gasteiger partial charge in [-0.15, -0.1) is 10.2 Å². The van der Waals surface area contributed by atoms with Gasteiger partial charge in [0.2, 0.25) is 0 Å². The summed E-state index contributed by atoms with van der Waals surface area (Å²) >= 11 is 0. The Morgan fingerprint density at radius 3 is 3.14 bits per heavy atom. The van der Waals surface area contributed by atoms with Crippen LogP contribution < -0.4 is 5.32 Å². The van der Waals surface area contributed by atoms with Crippen molar-refractivity contribution in [2.75, 3.05) is 13.1 Å². The molecule has 1 atom stereocenters. The molecule has 2 N–H and O–H groups in total. The molecule has 0 amide bonds. The van der Waals surface area contributed by atoms with E-state index < -0.39 is 5.60 Å². The highest BCUT2D eigenvalue weighted by Crippen LogP contribution is 2.19. The molecule has 5 heteroatoms. The third kappa shape index (κ3) is 1.93. The number of aliphatic hydroxyl groups is 1. The maximum absolute atomic E-state index is 10.2. The molecule has 0 bridgehead atoms. The number of nitrogens with zero attached hydrogens (tertiary/aromatic N) is 3. The van der Waals surface area contributed by atoms with Crippen molar-refractivity contribution in [3.63, 3.8) is 0 Å². The van der Waals surface area contributed by atoms with E-state index in [4.69, 9.17) is 0 Å². The monoisotopic (exact) mass is 196 g/mol. The van der Waals surface area contributed by atoms with Crippen LogP contribution >= 0.6 is 0 Å². The summed E-state index contributed by atoms with van der Waals surface area (Å²) in [7, 11) is 1.90. The van der Waals surface area contributed by atoms with E-state index in [2.05, 4.69) is 15.5 Å². The van der Waals surface area contributed by atoms with Crippen LogP contribution in [-0.2, 0) is 13.5 Å². The lowest BCUT2D eigenvalue weighted by Gasteiger charge is -2.32. The molecule has 1 aliphatic rings. The number of aromatic nitrogens is 3. The Balaban J connectivity index is 2.05. The fourth-order valence-electron chi connectivity index (χ4n) is 1.86. The van der Waals surface area contributed by atoms with E-state index in [9.17, 15) is 5.11 Å². The van der Waals surface area contributed by atoms with Gasteiger partial charge in [0.05, 0.1) is 5.60 Å². The molecular weight excluding hydrogens is 180 g/mol. The summed E-state index contributed by atoms with van der Waals surface area (Å²) in [5, 5.41) is 21.2. The zero-order valence-electron chi connectivity index (χ0n) is 8.40. The van der Waals surface area contributed by atoms with Crippen molar-refractivity contribution in [3.8, 4) is 0 Å². The van der Waals surface area contributed by atoms with E-state index in [0.29, 0.717) is 13.0 Å². The zero-order valence-corrected chi connectivity index (χ0v) is 8.40. The Labute approximate surface area is 83.2 Å². The Morgan fingerprint density at radius 1 is 1.71 bits per heavy atom. The minimum absolute atomic E-state index is 0.580. The maximum Gasteiger partial charge on any atom is 0.135 e. The van der Waals surface area contributed by atoms with Crippen molar-refractivity contribution < 1.29 is 5.11 Å². The molecule has 1 aliphatic heterocycles. The minimum Gasteiger partial charge on any atom is -0.388 e. The highest BCUT2D eigenvalue weighted by Gasteiger charge is 2.30. The molecule has 5 nitrogen and oxygen atoms in total. The van der Waals surface area contributed by atoms with Gasteiger partial charge in [0.25, 0.3) is 0 Å². The molecule has 0 aliphatic carbocycles. The lowest BCUT2D eigenvalue weighted by Crippen LogP contribution is -2.47. The molecule has 78 valence electrons. The van der Waals surface area contributed by atoms with Crippen molar-refractivity contribution in [2.45, 2.75) is 24.9 Å². The Morgan fingerprint density at radius 2 is 2.57 bits per heavy atom. The van der Waals surface area contributed by atoms with Crippen LogP contribution in [0.5, 0.6) is 0 Å². The second-order valence-electron chi connectivity index (χ2n) is 4.04. The van der Waals surface area contributed by atoms with E-state index in [1.807, 2.05) is 11.6 Å². The summed E-state index contributed by atoms with van der Waals surface area (Å²) in [5.41, 5.74) is -0.640. The van der Waals surface area contributed by atoms with Gasteiger partial charge in [-0.2, -0.15) is 0 Å². The molecule has 0 spiro atoms. The predicted octanol–water partition coefficient (Wildman–Crippen LogP) is -0.528. The van der Waals surface area contributed by atoms with Gasteiger partial charge in [0.15, 0.2) is 0 Å². The summed E-state index contributed by atoms with van der Waals surface area (Å²) in [6.07, 6.45) is 4.10. The van der Waals surface area contributed by atoms with Crippen molar-refractivity contribution >= 4 is 0 Å². The normalized spacial score (nSPS) is 27.9. The van der Waals surface area contributed by atoms with Gasteiger partial charge in [-0.3, -0.25) is 0 Å². The number of piperidine rings is 1. The molecule has 14 heavy (non-hydrogen) atoms. The molecule has 1 aromatic heterocycles. The lowest BCUT2D eigenvalue weighted by atomic mass is 9.90. The molecule has 0 radical (unpaired) electrons. The first-order chi connectivity index (χ1) is 6.70. The molecule has 2 heterocycles. The summed E-state index contributed by atoms with van der Waals surface area (Å²) in [6.45, 7) is 1.65. The smallest absolute Gasteiger partial charge is 0.135 e. The van der Waals surface area contributed by atoms with Gasteiger partial charge in [-0.1, -0.05) is 0 Å². The van der Waals surface area contributed by atoms with Crippen LogP contribution in [0, 0.1) is 0 Å². The minimum atomic E-state index is -0.640. The van der Waals surface area contributed by atoms with Gasteiger partial charge < -0.3 is 15.0 Å². The SMILES string of the molecule is Cn1cnnc1C[C@@]1(O)CCCNC1. The van der Waals surface area contributed by atoms with Crippen LogP contribution in [0.3, 0.4) is 0 Å². The van der Waals surface area contributed by atoms with Gasteiger partial charge in [-0.25, -0.2) is 0 Å². The molecule has 0 aromatic carbocycles. The lowest BCUT2D eigenvalue weighted by molar-refractivity contribution is 0.0145. The first-order valence-electron chi connectivity index (χ1n) is 4.96. The number of rotatable bonds is 2. The highest BCUT2D eigenvalue weighted by molar-refractivity contribution is 4.97. The van der Waals surface area contributed by atoms with Crippen LogP contribution in [0.1, 0.15) is 18.7 Å². The Kier molecular flexibility index (Phi) is 2.52. The zero-order chi connectivity index (χ0) is 10.0. The molecular formula is C9H16N4O. The molecule has 2 rings (SSSR count). The molecule has 1 fully saturated rings. The number of nitrogens with one attached hydrogen (secondary N) is 1. The predicted molar refractivity (Wildman–Crippen MR) is 51.8 cm³/mol. The van der Waals surface area contributed by atoms with Gasteiger partial charge in [-0.05, 0) is 19.4 Å². The Hall–Kier alpha value is -0.940. The van der Waals surface area contributed by atoms with Gasteiger partial charge in [0, 0.05) is 20.0 Å². The fraction of sp³-hybridized carbons (Fsp3) is 0.778. The molecule has 1 saturated heterocycles. The van der Waals surface area contributed by atoms with E-state index in [1.165, 1.54) is 0 Å². The Bertz CT molecular complexity index is 304. The van der Waals surface area contributed by atoms with Crippen molar-refractivity contribution in [2.24, 2.45) is 7.05 Å².